The van der Waals surface area contributed by atoms with E-state index in [-0.39, 0.29) is 11.9 Å². The Morgan fingerprint density at radius 2 is 2.21 bits per heavy atom. The molecule has 19 heavy (non-hydrogen) atoms. The Balaban J connectivity index is 2.22. The summed E-state index contributed by atoms with van der Waals surface area (Å²) in [4.78, 5) is 29.9. The van der Waals surface area contributed by atoms with Gasteiger partial charge in [0.2, 0.25) is 0 Å². The van der Waals surface area contributed by atoms with Crippen LogP contribution in [0.4, 0.5) is 0 Å². The Morgan fingerprint density at radius 1 is 1.42 bits per heavy atom. The second-order valence-corrected chi connectivity index (χ2v) is 5.19. The maximum Gasteiger partial charge on any atom is 0.328 e. The van der Waals surface area contributed by atoms with E-state index < -0.39 is 6.04 Å². The minimum Gasteiger partial charge on any atom is -0.467 e. The highest BCUT2D eigenvalue weighted by molar-refractivity contribution is 9.10. The molecule has 0 saturated carbocycles. The molecule has 102 valence electrons. The van der Waals surface area contributed by atoms with Gasteiger partial charge < -0.3 is 9.64 Å². The molecular formula is C13H15BrN2O3. The minimum absolute atomic E-state index is 0.226. The third kappa shape index (κ3) is 3.12. The van der Waals surface area contributed by atoms with Crippen LogP contribution in [0, 0.1) is 0 Å². The highest BCUT2D eigenvalue weighted by atomic mass is 79.9. The van der Waals surface area contributed by atoms with E-state index in [9.17, 15) is 9.59 Å². The number of piperidine rings is 1. The number of halogens is 1. The number of hydrogen-bond donors (Lipinski definition) is 0. The largest absolute Gasteiger partial charge is 0.467 e. The summed E-state index contributed by atoms with van der Waals surface area (Å²) < 4.78 is 5.37. The van der Waals surface area contributed by atoms with Gasteiger partial charge in [0.1, 0.15) is 16.3 Å². The Labute approximate surface area is 120 Å². The van der Waals surface area contributed by atoms with Crippen molar-refractivity contribution in [2.24, 2.45) is 0 Å². The Bertz CT molecular complexity index is 493. The lowest BCUT2D eigenvalue weighted by Crippen LogP contribution is -2.48. The molecule has 1 unspecified atom stereocenters. The first-order valence-corrected chi connectivity index (χ1v) is 6.94. The molecule has 1 saturated heterocycles. The lowest BCUT2D eigenvalue weighted by molar-refractivity contribution is -0.147. The fourth-order valence-corrected chi connectivity index (χ4v) is 2.57. The first-order chi connectivity index (χ1) is 9.13. The lowest BCUT2D eigenvalue weighted by Gasteiger charge is -2.33. The number of ether oxygens (including phenoxy) is 1. The molecule has 6 heteroatoms. The van der Waals surface area contributed by atoms with Crippen LogP contribution < -0.4 is 0 Å². The number of aromatic nitrogens is 1. The maximum absolute atomic E-state index is 12.4. The summed E-state index contributed by atoms with van der Waals surface area (Å²) in [6, 6.07) is 4.66. The second kappa shape index (κ2) is 6.14. The molecule has 0 aliphatic carbocycles. The molecule has 1 aromatic heterocycles. The molecule has 1 fully saturated rings. The van der Waals surface area contributed by atoms with Crippen LogP contribution in [0.5, 0.6) is 0 Å². The Morgan fingerprint density at radius 3 is 2.89 bits per heavy atom. The monoisotopic (exact) mass is 326 g/mol. The van der Waals surface area contributed by atoms with Crippen molar-refractivity contribution in [2.45, 2.75) is 25.3 Å². The molecule has 0 bridgehead atoms. The summed E-state index contributed by atoms with van der Waals surface area (Å²) in [7, 11) is 1.34. The maximum atomic E-state index is 12.4. The topological polar surface area (TPSA) is 59.5 Å². The van der Waals surface area contributed by atoms with E-state index in [1.165, 1.54) is 7.11 Å². The predicted molar refractivity (Wildman–Crippen MR) is 72.6 cm³/mol. The smallest absolute Gasteiger partial charge is 0.328 e. The van der Waals surface area contributed by atoms with Crippen molar-refractivity contribution in [3.05, 3.63) is 28.5 Å². The van der Waals surface area contributed by atoms with Crippen LogP contribution in [0.2, 0.25) is 0 Å². The molecule has 1 aromatic rings. The predicted octanol–water partition coefficient (Wildman–Crippen LogP) is 2.01. The lowest BCUT2D eigenvalue weighted by atomic mass is 10.0. The van der Waals surface area contributed by atoms with Crippen LogP contribution in [0.3, 0.4) is 0 Å². The molecule has 0 radical (unpaired) electrons. The Kier molecular flexibility index (Phi) is 4.52. The molecule has 2 rings (SSSR count). The van der Waals surface area contributed by atoms with Crippen molar-refractivity contribution >= 4 is 27.8 Å². The van der Waals surface area contributed by atoms with Gasteiger partial charge in [0.15, 0.2) is 0 Å². The Hall–Kier alpha value is -1.43. The van der Waals surface area contributed by atoms with Gasteiger partial charge in [-0.1, -0.05) is 6.07 Å². The van der Waals surface area contributed by atoms with Gasteiger partial charge in [-0.25, -0.2) is 9.78 Å². The molecule has 1 aliphatic heterocycles. The third-order valence-electron chi connectivity index (χ3n) is 3.17. The zero-order valence-electron chi connectivity index (χ0n) is 10.6. The van der Waals surface area contributed by atoms with Gasteiger partial charge in [-0.3, -0.25) is 4.79 Å². The van der Waals surface area contributed by atoms with E-state index in [2.05, 4.69) is 20.9 Å². The van der Waals surface area contributed by atoms with Gasteiger partial charge in [0, 0.05) is 6.54 Å². The molecule has 0 aromatic carbocycles. The number of esters is 1. The molecular weight excluding hydrogens is 312 g/mol. The summed E-state index contributed by atoms with van der Waals surface area (Å²) in [6.07, 6.45) is 2.47. The van der Waals surface area contributed by atoms with E-state index in [1.54, 1.807) is 23.1 Å². The number of carbonyl (C=O) groups excluding carboxylic acids is 2. The van der Waals surface area contributed by atoms with Crippen molar-refractivity contribution in [1.29, 1.82) is 0 Å². The van der Waals surface area contributed by atoms with E-state index in [1.807, 2.05) is 0 Å². The summed E-state index contributed by atoms with van der Waals surface area (Å²) in [6.45, 7) is 0.562. The van der Waals surface area contributed by atoms with Crippen LogP contribution in [0.25, 0.3) is 0 Å². The normalized spacial score (nSPS) is 19.1. The van der Waals surface area contributed by atoms with Crippen LogP contribution in [-0.4, -0.2) is 41.5 Å². The van der Waals surface area contributed by atoms with Crippen LogP contribution >= 0.6 is 15.9 Å². The molecule has 5 nitrogen and oxygen atoms in total. The van der Waals surface area contributed by atoms with Gasteiger partial charge >= 0.3 is 5.97 Å². The van der Waals surface area contributed by atoms with Crippen molar-refractivity contribution in [1.82, 2.24) is 9.88 Å². The number of likely N-dealkylation sites (tertiary alicyclic amines) is 1. The van der Waals surface area contributed by atoms with Crippen LogP contribution in [0.15, 0.2) is 22.8 Å². The number of nitrogens with zero attached hydrogens (tertiary/aromatic N) is 2. The minimum atomic E-state index is -0.493. The SMILES string of the molecule is COC(=O)C1CCCCN1C(=O)c1cccc(Br)n1. The molecule has 0 N–H and O–H groups in total. The fraction of sp³-hybridized carbons (Fsp3) is 0.462. The van der Waals surface area contributed by atoms with Crippen molar-refractivity contribution in [2.75, 3.05) is 13.7 Å². The van der Waals surface area contributed by atoms with Crippen molar-refractivity contribution < 1.29 is 14.3 Å². The quantitative estimate of drug-likeness (QED) is 0.616. The summed E-state index contributed by atoms with van der Waals surface area (Å²) in [5, 5.41) is 0. The van der Waals surface area contributed by atoms with Gasteiger partial charge in [0.05, 0.1) is 7.11 Å². The molecule has 0 spiro atoms. The van der Waals surface area contributed by atoms with E-state index in [0.717, 1.165) is 12.8 Å². The standard InChI is InChI=1S/C13H15BrN2O3/c1-19-13(18)10-6-2-3-8-16(10)12(17)9-5-4-7-11(14)15-9/h4-5,7,10H,2-3,6,8H2,1H3. The van der Waals surface area contributed by atoms with E-state index in [0.29, 0.717) is 23.3 Å². The molecule has 1 atom stereocenters. The highest BCUT2D eigenvalue weighted by Gasteiger charge is 2.33. The van der Waals surface area contributed by atoms with Gasteiger partial charge in [-0.2, -0.15) is 0 Å². The molecule has 1 amide bonds. The van der Waals surface area contributed by atoms with E-state index >= 15 is 0 Å². The highest BCUT2D eigenvalue weighted by Crippen LogP contribution is 2.20. The first-order valence-electron chi connectivity index (χ1n) is 6.15. The number of hydrogen-bond acceptors (Lipinski definition) is 4. The average molecular weight is 327 g/mol. The van der Waals surface area contributed by atoms with Gasteiger partial charge in [0.25, 0.3) is 5.91 Å². The van der Waals surface area contributed by atoms with Gasteiger partial charge in [-0.05, 0) is 47.3 Å². The number of pyridine rings is 1. The summed E-state index contributed by atoms with van der Waals surface area (Å²) in [5.41, 5.74) is 0.338. The fourth-order valence-electron chi connectivity index (χ4n) is 2.23. The third-order valence-corrected chi connectivity index (χ3v) is 3.61. The average Bonchev–Trinajstić information content (AvgIpc) is 2.45. The van der Waals surface area contributed by atoms with Crippen LogP contribution in [0.1, 0.15) is 29.8 Å². The number of amides is 1. The van der Waals surface area contributed by atoms with Crippen molar-refractivity contribution in [3.8, 4) is 0 Å². The molecule has 1 aliphatic rings. The zero-order chi connectivity index (χ0) is 13.8. The summed E-state index contributed by atoms with van der Waals surface area (Å²) >= 11 is 3.24. The number of carbonyl (C=O) groups is 2. The zero-order valence-corrected chi connectivity index (χ0v) is 12.2. The van der Waals surface area contributed by atoms with Gasteiger partial charge in [-0.15, -0.1) is 0 Å². The number of rotatable bonds is 2. The summed E-state index contributed by atoms with van der Waals surface area (Å²) in [5.74, 6) is -0.584. The van der Waals surface area contributed by atoms with Crippen LogP contribution in [-0.2, 0) is 9.53 Å². The van der Waals surface area contributed by atoms with E-state index in [4.69, 9.17) is 4.74 Å². The van der Waals surface area contributed by atoms with Crippen molar-refractivity contribution in [3.63, 3.8) is 0 Å². The molecule has 2 heterocycles. The second-order valence-electron chi connectivity index (χ2n) is 4.38. The first kappa shape index (κ1) is 14.0. The number of methoxy groups -OCH3 is 1.